The van der Waals surface area contributed by atoms with Crippen LogP contribution in [-0.4, -0.2) is 6.04 Å². The fourth-order valence-corrected chi connectivity index (χ4v) is 3.26. The lowest BCUT2D eigenvalue weighted by Gasteiger charge is -2.29. The van der Waals surface area contributed by atoms with Gasteiger partial charge in [0, 0.05) is 16.2 Å². The standard InChI is InChI=1S/C17H20BrN/c1-12(9-13-3-2-4-13)19-17-8-6-14-10-16(18)7-5-15(14)11-17/h5-8,10-13,19H,2-4,9H2,1H3. The van der Waals surface area contributed by atoms with Crippen LogP contribution < -0.4 is 5.32 Å². The molecule has 1 aliphatic carbocycles. The second-order valence-electron chi connectivity index (χ2n) is 5.78. The lowest BCUT2D eigenvalue weighted by Crippen LogP contribution is -2.23. The van der Waals surface area contributed by atoms with Crippen LogP contribution in [0.3, 0.4) is 0 Å². The highest BCUT2D eigenvalue weighted by Crippen LogP contribution is 2.31. The molecule has 100 valence electrons. The van der Waals surface area contributed by atoms with Crippen molar-refractivity contribution in [3.05, 3.63) is 40.9 Å². The smallest absolute Gasteiger partial charge is 0.0348 e. The van der Waals surface area contributed by atoms with Crippen LogP contribution in [-0.2, 0) is 0 Å². The van der Waals surface area contributed by atoms with Gasteiger partial charge in [-0.05, 0) is 54.3 Å². The minimum Gasteiger partial charge on any atom is -0.383 e. The zero-order chi connectivity index (χ0) is 13.2. The van der Waals surface area contributed by atoms with Crippen LogP contribution in [0.5, 0.6) is 0 Å². The summed E-state index contributed by atoms with van der Waals surface area (Å²) < 4.78 is 1.14. The maximum atomic E-state index is 3.64. The molecule has 0 radical (unpaired) electrons. The molecule has 0 heterocycles. The molecule has 1 aliphatic rings. The van der Waals surface area contributed by atoms with Gasteiger partial charge in [0.1, 0.15) is 0 Å². The largest absolute Gasteiger partial charge is 0.383 e. The van der Waals surface area contributed by atoms with Crippen molar-refractivity contribution in [2.24, 2.45) is 5.92 Å². The summed E-state index contributed by atoms with van der Waals surface area (Å²) in [5, 5.41) is 6.22. The van der Waals surface area contributed by atoms with Gasteiger partial charge in [-0.2, -0.15) is 0 Å². The van der Waals surface area contributed by atoms with E-state index in [4.69, 9.17) is 0 Å². The normalized spacial score (nSPS) is 17.2. The number of rotatable bonds is 4. The summed E-state index contributed by atoms with van der Waals surface area (Å²) in [6, 6.07) is 13.6. The van der Waals surface area contributed by atoms with Crippen molar-refractivity contribution in [2.45, 2.75) is 38.6 Å². The zero-order valence-corrected chi connectivity index (χ0v) is 12.9. The van der Waals surface area contributed by atoms with Crippen molar-refractivity contribution >= 4 is 32.4 Å². The molecule has 0 aliphatic heterocycles. The molecule has 1 nitrogen and oxygen atoms in total. The van der Waals surface area contributed by atoms with E-state index < -0.39 is 0 Å². The molecule has 2 aromatic carbocycles. The predicted octanol–water partition coefficient (Wildman–Crippen LogP) is 5.59. The van der Waals surface area contributed by atoms with Crippen molar-refractivity contribution in [3.8, 4) is 0 Å². The lowest BCUT2D eigenvalue weighted by atomic mass is 9.81. The number of anilines is 1. The van der Waals surface area contributed by atoms with Crippen LogP contribution in [0.15, 0.2) is 40.9 Å². The summed E-state index contributed by atoms with van der Waals surface area (Å²) in [5.41, 5.74) is 1.24. The lowest BCUT2D eigenvalue weighted by molar-refractivity contribution is 0.286. The number of hydrogen-bond donors (Lipinski definition) is 1. The van der Waals surface area contributed by atoms with E-state index in [1.165, 1.54) is 42.1 Å². The first-order valence-electron chi connectivity index (χ1n) is 7.16. The second-order valence-corrected chi connectivity index (χ2v) is 6.70. The van der Waals surface area contributed by atoms with Crippen molar-refractivity contribution in [3.63, 3.8) is 0 Å². The summed E-state index contributed by atoms with van der Waals surface area (Å²) in [7, 11) is 0. The molecule has 1 saturated carbocycles. The zero-order valence-electron chi connectivity index (χ0n) is 11.3. The Hall–Kier alpha value is -1.02. The van der Waals surface area contributed by atoms with Gasteiger partial charge in [0.05, 0.1) is 0 Å². The van der Waals surface area contributed by atoms with Crippen molar-refractivity contribution in [1.29, 1.82) is 0 Å². The Bertz CT molecular complexity index is 574. The van der Waals surface area contributed by atoms with E-state index >= 15 is 0 Å². The molecular weight excluding hydrogens is 298 g/mol. The molecule has 19 heavy (non-hydrogen) atoms. The van der Waals surface area contributed by atoms with Crippen LogP contribution in [0.1, 0.15) is 32.6 Å². The van der Waals surface area contributed by atoms with Crippen LogP contribution in [0.4, 0.5) is 5.69 Å². The summed E-state index contributed by atoms with van der Waals surface area (Å²) in [5.74, 6) is 0.957. The van der Waals surface area contributed by atoms with Gasteiger partial charge in [0.2, 0.25) is 0 Å². The fraction of sp³-hybridized carbons (Fsp3) is 0.412. The maximum Gasteiger partial charge on any atom is 0.0348 e. The summed E-state index contributed by atoms with van der Waals surface area (Å²) in [6.07, 6.45) is 5.59. The van der Waals surface area contributed by atoms with Crippen molar-refractivity contribution in [1.82, 2.24) is 0 Å². The van der Waals surface area contributed by atoms with Crippen LogP contribution >= 0.6 is 15.9 Å². The molecule has 1 unspecified atom stereocenters. The predicted molar refractivity (Wildman–Crippen MR) is 86.7 cm³/mol. The molecule has 0 spiro atoms. The third-order valence-electron chi connectivity index (χ3n) is 4.13. The van der Waals surface area contributed by atoms with Gasteiger partial charge in [-0.1, -0.05) is 47.3 Å². The van der Waals surface area contributed by atoms with E-state index in [0.717, 1.165) is 10.4 Å². The van der Waals surface area contributed by atoms with Crippen LogP contribution in [0, 0.1) is 5.92 Å². The van der Waals surface area contributed by atoms with Gasteiger partial charge in [0.15, 0.2) is 0 Å². The first kappa shape index (κ1) is 13.0. The van der Waals surface area contributed by atoms with Crippen molar-refractivity contribution in [2.75, 3.05) is 5.32 Å². The Kier molecular flexibility index (Phi) is 3.79. The Labute approximate surface area is 123 Å². The molecule has 3 rings (SSSR count). The molecule has 0 saturated heterocycles. The molecule has 1 fully saturated rings. The van der Waals surface area contributed by atoms with E-state index in [-0.39, 0.29) is 0 Å². The molecule has 0 aromatic heterocycles. The van der Waals surface area contributed by atoms with Gasteiger partial charge >= 0.3 is 0 Å². The highest BCUT2D eigenvalue weighted by atomic mass is 79.9. The topological polar surface area (TPSA) is 12.0 Å². The SMILES string of the molecule is CC(CC1CCC1)Nc1ccc2cc(Br)ccc2c1. The summed E-state index contributed by atoms with van der Waals surface area (Å²) in [6.45, 7) is 2.30. The van der Waals surface area contributed by atoms with E-state index in [2.05, 4.69) is 64.6 Å². The first-order valence-corrected chi connectivity index (χ1v) is 7.96. The number of benzene rings is 2. The molecule has 2 aromatic rings. The second kappa shape index (κ2) is 5.54. The molecular formula is C17H20BrN. The average molecular weight is 318 g/mol. The number of halogens is 1. The Balaban J connectivity index is 1.71. The van der Waals surface area contributed by atoms with E-state index in [9.17, 15) is 0 Å². The van der Waals surface area contributed by atoms with Crippen LogP contribution in [0.25, 0.3) is 10.8 Å². The van der Waals surface area contributed by atoms with Gasteiger partial charge in [-0.3, -0.25) is 0 Å². The third kappa shape index (κ3) is 3.11. The molecule has 1 atom stereocenters. The maximum absolute atomic E-state index is 3.64. The number of nitrogens with one attached hydrogen (secondary N) is 1. The Morgan fingerprint density at radius 2 is 1.89 bits per heavy atom. The minimum absolute atomic E-state index is 0.568. The Morgan fingerprint density at radius 1 is 1.16 bits per heavy atom. The van der Waals surface area contributed by atoms with Crippen molar-refractivity contribution < 1.29 is 0 Å². The first-order chi connectivity index (χ1) is 9.20. The summed E-state index contributed by atoms with van der Waals surface area (Å²) >= 11 is 3.52. The van der Waals surface area contributed by atoms with Gasteiger partial charge < -0.3 is 5.32 Å². The highest BCUT2D eigenvalue weighted by Gasteiger charge is 2.19. The molecule has 0 amide bonds. The van der Waals surface area contributed by atoms with E-state index in [1.54, 1.807) is 0 Å². The van der Waals surface area contributed by atoms with Gasteiger partial charge in [0.25, 0.3) is 0 Å². The average Bonchev–Trinajstić information content (AvgIpc) is 2.34. The van der Waals surface area contributed by atoms with E-state index in [0.29, 0.717) is 6.04 Å². The quantitative estimate of drug-likeness (QED) is 0.774. The molecule has 2 heteroatoms. The number of fused-ring (bicyclic) bond motifs is 1. The third-order valence-corrected chi connectivity index (χ3v) is 4.62. The Morgan fingerprint density at radius 3 is 2.63 bits per heavy atom. The van der Waals surface area contributed by atoms with Gasteiger partial charge in [-0.15, -0.1) is 0 Å². The summed E-state index contributed by atoms with van der Waals surface area (Å²) in [4.78, 5) is 0. The van der Waals surface area contributed by atoms with Crippen LogP contribution in [0.2, 0.25) is 0 Å². The van der Waals surface area contributed by atoms with Gasteiger partial charge in [-0.25, -0.2) is 0 Å². The van der Waals surface area contributed by atoms with E-state index in [1.807, 2.05) is 0 Å². The minimum atomic E-state index is 0.568. The molecule has 1 N–H and O–H groups in total. The monoisotopic (exact) mass is 317 g/mol. The highest BCUT2D eigenvalue weighted by molar-refractivity contribution is 9.10. The molecule has 0 bridgehead atoms. The fourth-order valence-electron chi connectivity index (χ4n) is 2.88. The number of hydrogen-bond acceptors (Lipinski definition) is 1.